The Bertz CT molecular complexity index is 727. The van der Waals surface area contributed by atoms with Crippen molar-refractivity contribution in [2.24, 2.45) is 5.92 Å². The SMILES string of the molecule is OCC1CCCN1c1cc(NCC2CCCOC2c2ccccc2)ncn1. The number of nitrogens with zero attached hydrogens (tertiary/aromatic N) is 3. The first kappa shape index (κ1) is 18.2. The lowest BCUT2D eigenvalue weighted by molar-refractivity contribution is -0.0238. The minimum atomic E-state index is 0.131. The number of aromatic nitrogens is 2. The molecule has 2 N–H and O–H groups in total. The standard InChI is InChI=1S/C21H28N4O2/c26-14-18-9-4-10-25(18)20-12-19(23-15-24-20)22-13-17-8-5-11-27-21(17)16-6-2-1-3-7-16/h1-3,6-7,12,15,17-18,21,26H,4-5,8-11,13-14H2,(H,22,23,24). The summed E-state index contributed by atoms with van der Waals surface area (Å²) < 4.78 is 6.09. The molecule has 6 nitrogen and oxygen atoms in total. The van der Waals surface area contributed by atoms with E-state index in [4.69, 9.17) is 4.74 Å². The molecular formula is C21H28N4O2. The zero-order chi connectivity index (χ0) is 18.5. The van der Waals surface area contributed by atoms with Gasteiger partial charge in [0.05, 0.1) is 18.8 Å². The second kappa shape index (κ2) is 8.67. The smallest absolute Gasteiger partial charge is 0.134 e. The van der Waals surface area contributed by atoms with Gasteiger partial charge in [0.25, 0.3) is 0 Å². The van der Waals surface area contributed by atoms with Crippen LogP contribution >= 0.6 is 0 Å². The molecule has 27 heavy (non-hydrogen) atoms. The predicted molar refractivity (Wildman–Crippen MR) is 106 cm³/mol. The molecule has 3 heterocycles. The van der Waals surface area contributed by atoms with Crippen LogP contribution in [0.5, 0.6) is 0 Å². The van der Waals surface area contributed by atoms with E-state index in [2.05, 4.69) is 44.5 Å². The average molecular weight is 368 g/mol. The molecule has 0 spiro atoms. The molecule has 2 aliphatic heterocycles. The highest BCUT2D eigenvalue weighted by Crippen LogP contribution is 2.34. The van der Waals surface area contributed by atoms with Gasteiger partial charge in [-0.2, -0.15) is 0 Å². The molecule has 144 valence electrons. The van der Waals surface area contributed by atoms with Gasteiger partial charge in [-0.25, -0.2) is 9.97 Å². The summed E-state index contributed by atoms with van der Waals surface area (Å²) in [5, 5.41) is 13.1. The number of hydrogen-bond donors (Lipinski definition) is 2. The van der Waals surface area contributed by atoms with E-state index in [1.54, 1.807) is 6.33 Å². The summed E-state index contributed by atoms with van der Waals surface area (Å²) in [4.78, 5) is 11.0. The van der Waals surface area contributed by atoms with Gasteiger partial charge in [-0.15, -0.1) is 0 Å². The Labute approximate surface area is 160 Å². The highest BCUT2D eigenvalue weighted by molar-refractivity contribution is 5.50. The van der Waals surface area contributed by atoms with Gasteiger partial charge >= 0.3 is 0 Å². The Morgan fingerprint density at radius 1 is 1.15 bits per heavy atom. The third-order valence-electron chi connectivity index (χ3n) is 5.65. The van der Waals surface area contributed by atoms with Crippen LogP contribution in [-0.2, 0) is 4.74 Å². The molecule has 3 unspecified atom stereocenters. The molecule has 3 atom stereocenters. The minimum absolute atomic E-state index is 0.131. The lowest BCUT2D eigenvalue weighted by atomic mass is 9.89. The first-order chi connectivity index (χ1) is 13.3. The molecule has 0 bridgehead atoms. The fourth-order valence-electron chi connectivity index (χ4n) is 4.23. The molecule has 2 saturated heterocycles. The number of aliphatic hydroxyl groups excluding tert-OH is 1. The molecule has 1 aromatic carbocycles. The topological polar surface area (TPSA) is 70.5 Å². The quantitative estimate of drug-likeness (QED) is 0.817. The summed E-state index contributed by atoms with van der Waals surface area (Å²) in [6.45, 7) is 2.75. The number of aliphatic hydroxyl groups is 1. The summed E-state index contributed by atoms with van der Waals surface area (Å²) in [7, 11) is 0. The van der Waals surface area contributed by atoms with Crippen LogP contribution < -0.4 is 10.2 Å². The lowest BCUT2D eigenvalue weighted by Gasteiger charge is -2.32. The summed E-state index contributed by atoms with van der Waals surface area (Å²) in [5.74, 6) is 2.14. The van der Waals surface area contributed by atoms with Crippen LogP contribution in [0.25, 0.3) is 0 Å². The number of rotatable bonds is 6. The summed E-state index contributed by atoms with van der Waals surface area (Å²) in [6, 6.07) is 12.6. The third kappa shape index (κ3) is 4.22. The molecule has 2 aliphatic rings. The van der Waals surface area contributed by atoms with Gasteiger partial charge in [0.2, 0.25) is 0 Å². The van der Waals surface area contributed by atoms with Crippen molar-refractivity contribution in [1.29, 1.82) is 0 Å². The van der Waals surface area contributed by atoms with Crippen LogP contribution in [0.15, 0.2) is 42.7 Å². The monoisotopic (exact) mass is 368 g/mol. The molecule has 1 aromatic heterocycles. The Hall–Kier alpha value is -2.18. The molecule has 4 rings (SSSR count). The molecule has 0 radical (unpaired) electrons. The number of hydrogen-bond acceptors (Lipinski definition) is 6. The molecule has 0 amide bonds. The maximum atomic E-state index is 9.56. The summed E-state index contributed by atoms with van der Waals surface area (Å²) in [5.41, 5.74) is 1.25. The van der Waals surface area contributed by atoms with Crippen molar-refractivity contribution in [3.05, 3.63) is 48.3 Å². The molecule has 0 saturated carbocycles. The largest absolute Gasteiger partial charge is 0.394 e. The van der Waals surface area contributed by atoms with Gasteiger partial charge in [0.1, 0.15) is 18.0 Å². The summed E-state index contributed by atoms with van der Waals surface area (Å²) >= 11 is 0. The van der Waals surface area contributed by atoms with Crippen molar-refractivity contribution in [1.82, 2.24) is 9.97 Å². The Morgan fingerprint density at radius 3 is 2.89 bits per heavy atom. The zero-order valence-electron chi connectivity index (χ0n) is 15.6. The molecule has 2 aromatic rings. The van der Waals surface area contributed by atoms with E-state index in [9.17, 15) is 5.11 Å². The van der Waals surface area contributed by atoms with Crippen molar-refractivity contribution >= 4 is 11.6 Å². The molecule has 6 heteroatoms. The summed E-state index contributed by atoms with van der Waals surface area (Å²) in [6.07, 6.45) is 6.08. The second-order valence-electron chi connectivity index (χ2n) is 7.42. The highest BCUT2D eigenvalue weighted by atomic mass is 16.5. The van der Waals surface area contributed by atoms with E-state index in [1.165, 1.54) is 5.56 Å². The van der Waals surface area contributed by atoms with Crippen LogP contribution in [0.2, 0.25) is 0 Å². The van der Waals surface area contributed by atoms with Gasteiger partial charge in [0.15, 0.2) is 0 Å². The fraction of sp³-hybridized carbons (Fsp3) is 0.524. The van der Waals surface area contributed by atoms with E-state index >= 15 is 0 Å². The fourth-order valence-corrected chi connectivity index (χ4v) is 4.23. The van der Waals surface area contributed by atoms with E-state index in [-0.39, 0.29) is 18.8 Å². The van der Waals surface area contributed by atoms with Gasteiger partial charge in [0, 0.05) is 31.7 Å². The average Bonchev–Trinajstić information content (AvgIpc) is 3.22. The van der Waals surface area contributed by atoms with Crippen LogP contribution in [0, 0.1) is 5.92 Å². The third-order valence-corrected chi connectivity index (χ3v) is 5.65. The molecular weight excluding hydrogens is 340 g/mol. The van der Waals surface area contributed by atoms with Crippen molar-refractivity contribution in [3.63, 3.8) is 0 Å². The molecule has 2 fully saturated rings. The Kier molecular flexibility index (Phi) is 5.84. The molecule has 0 aliphatic carbocycles. The van der Waals surface area contributed by atoms with E-state index < -0.39 is 0 Å². The minimum Gasteiger partial charge on any atom is -0.394 e. The van der Waals surface area contributed by atoms with Gasteiger partial charge < -0.3 is 20.1 Å². The van der Waals surface area contributed by atoms with Crippen LogP contribution in [-0.4, -0.2) is 47.4 Å². The van der Waals surface area contributed by atoms with Crippen molar-refractivity contribution < 1.29 is 9.84 Å². The Morgan fingerprint density at radius 2 is 2.04 bits per heavy atom. The first-order valence-corrected chi connectivity index (χ1v) is 9.95. The van der Waals surface area contributed by atoms with Gasteiger partial charge in [-0.05, 0) is 31.2 Å². The number of nitrogens with one attached hydrogen (secondary N) is 1. The van der Waals surface area contributed by atoms with Gasteiger partial charge in [-0.3, -0.25) is 0 Å². The number of benzene rings is 1. The first-order valence-electron chi connectivity index (χ1n) is 9.95. The predicted octanol–water partition coefficient (Wildman–Crippen LogP) is 3.02. The van der Waals surface area contributed by atoms with E-state index in [1.807, 2.05) is 12.1 Å². The number of ether oxygens (including phenoxy) is 1. The van der Waals surface area contributed by atoms with Crippen molar-refractivity contribution in [2.75, 3.05) is 36.5 Å². The van der Waals surface area contributed by atoms with Crippen LogP contribution in [0.1, 0.15) is 37.4 Å². The van der Waals surface area contributed by atoms with Crippen LogP contribution in [0.4, 0.5) is 11.6 Å². The Balaban J connectivity index is 1.42. The van der Waals surface area contributed by atoms with Crippen LogP contribution in [0.3, 0.4) is 0 Å². The maximum absolute atomic E-state index is 9.56. The number of anilines is 2. The van der Waals surface area contributed by atoms with E-state index in [0.29, 0.717) is 5.92 Å². The van der Waals surface area contributed by atoms with E-state index in [0.717, 1.165) is 57.0 Å². The van der Waals surface area contributed by atoms with Crippen molar-refractivity contribution in [2.45, 2.75) is 37.8 Å². The highest BCUT2D eigenvalue weighted by Gasteiger charge is 2.28. The van der Waals surface area contributed by atoms with Crippen molar-refractivity contribution in [3.8, 4) is 0 Å². The zero-order valence-corrected chi connectivity index (χ0v) is 15.6. The maximum Gasteiger partial charge on any atom is 0.134 e. The normalized spacial score (nSPS) is 25.5. The van der Waals surface area contributed by atoms with Gasteiger partial charge in [-0.1, -0.05) is 30.3 Å². The second-order valence-corrected chi connectivity index (χ2v) is 7.42. The lowest BCUT2D eigenvalue weighted by Crippen LogP contribution is -2.33.